The zero-order valence-electron chi connectivity index (χ0n) is 18.7. The minimum absolute atomic E-state index is 0.0809. The average Bonchev–Trinajstić information content (AvgIpc) is 3.30. The lowest BCUT2D eigenvalue weighted by Gasteiger charge is -2.35. The van der Waals surface area contributed by atoms with Crippen LogP contribution in [0, 0.1) is 17.3 Å². The van der Waals surface area contributed by atoms with Gasteiger partial charge in [-0.15, -0.1) is 0 Å². The van der Waals surface area contributed by atoms with Crippen LogP contribution < -0.4 is 0 Å². The molecule has 31 heavy (non-hydrogen) atoms. The number of esters is 1. The van der Waals surface area contributed by atoms with Crippen molar-refractivity contribution in [3.05, 3.63) is 12.2 Å². The number of alkyl halides is 4. The Bertz CT molecular complexity index is 612. The molecule has 2 aliphatic rings. The summed E-state index contributed by atoms with van der Waals surface area (Å²) >= 11 is 2.37. The molecule has 0 aromatic heterocycles. The molecular formula is C23H36F3IO4. The molecule has 2 rings (SSSR count). The van der Waals surface area contributed by atoms with E-state index in [9.17, 15) is 23.1 Å². The first-order valence-corrected chi connectivity index (χ1v) is 12.6. The maximum Gasteiger partial charge on any atom is 0.397 e. The average molecular weight is 560 g/mol. The summed E-state index contributed by atoms with van der Waals surface area (Å²) in [7, 11) is 1.39. The van der Waals surface area contributed by atoms with Gasteiger partial charge in [-0.25, -0.2) is 0 Å². The predicted octanol–water partition coefficient (Wildman–Crippen LogP) is 5.99. The third-order valence-corrected chi connectivity index (χ3v) is 8.47. The number of rotatable bonds is 11. The van der Waals surface area contributed by atoms with E-state index in [1.54, 1.807) is 6.08 Å². The zero-order chi connectivity index (χ0) is 23.2. The van der Waals surface area contributed by atoms with Gasteiger partial charge in [-0.05, 0) is 57.3 Å². The third-order valence-electron chi connectivity index (χ3n) is 7.05. The van der Waals surface area contributed by atoms with Gasteiger partial charge in [-0.2, -0.15) is 13.2 Å². The second-order valence-electron chi connectivity index (χ2n) is 9.19. The Morgan fingerprint density at radius 1 is 1.32 bits per heavy atom. The summed E-state index contributed by atoms with van der Waals surface area (Å²) in [4.78, 5) is 11.3. The van der Waals surface area contributed by atoms with Crippen molar-refractivity contribution in [3.63, 3.8) is 0 Å². The SMILES string of the molecule is CCCC[C@](C)([C@H](O)C=C[C@H]1CC[C@@H]2O[C@H]([C@@H](I)CCCC(=O)OC)C[C@@H]21)C(F)(F)F. The van der Waals surface area contributed by atoms with Gasteiger partial charge >= 0.3 is 12.1 Å². The van der Waals surface area contributed by atoms with Crippen molar-refractivity contribution < 1.29 is 32.5 Å². The maximum absolute atomic E-state index is 13.7. The number of halogens is 4. The fourth-order valence-corrected chi connectivity index (χ4v) is 5.67. The van der Waals surface area contributed by atoms with Gasteiger partial charge in [-0.1, -0.05) is 54.5 Å². The van der Waals surface area contributed by atoms with Crippen LogP contribution in [0.15, 0.2) is 12.2 Å². The van der Waals surface area contributed by atoms with Crippen LogP contribution in [-0.2, 0) is 14.3 Å². The summed E-state index contributed by atoms with van der Waals surface area (Å²) in [6.45, 7) is 2.98. The summed E-state index contributed by atoms with van der Waals surface area (Å²) in [5.41, 5.74) is -2.13. The summed E-state index contributed by atoms with van der Waals surface area (Å²) < 4.78 is 52.2. The van der Waals surface area contributed by atoms with Gasteiger partial charge in [0.25, 0.3) is 0 Å². The molecule has 8 heteroatoms. The number of unbranched alkanes of at least 4 members (excludes halogenated alkanes) is 1. The first-order valence-electron chi connectivity index (χ1n) is 11.3. The number of hydrogen-bond acceptors (Lipinski definition) is 4. The molecule has 2 fully saturated rings. The summed E-state index contributed by atoms with van der Waals surface area (Å²) in [5, 5.41) is 10.5. The number of carbonyl (C=O) groups excluding carboxylic acids is 1. The van der Waals surface area contributed by atoms with Gasteiger partial charge < -0.3 is 14.6 Å². The molecule has 0 spiro atoms. The monoisotopic (exact) mass is 560 g/mol. The molecule has 0 bridgehead atoms. The number of aliphatic hydroxyl groups is 1. The van der Waals surface area contributed by atoms with Crippen LogP contribution in [0.2, 0.25) is 0 Å². The largest absolute Gasteiger partial charge is 0.469 e. The molecule has 0 amide bonds. The van der Waals surface area contributed by atoms with Crippen molar-refractivity contribution in [3.8, 4) is 0 Å². The standard InChI is InChI=1S/C23H36F3IO4/c1-4-5-13-22(2,23(24,25)26)20(28)12-10-15-9-11-18-16(15)14-19(31-18)17(27)7-6-8-21(29)30-3/h10,12,15-20,28H,4-9,11,13-14H2,1-3H3/t15-,16-,17+,18+,19+,20-,22-/m1/s1. The van der Waals surface area contributed by atoms with Gasteiger partial charge in [0, 0.05) is 10.3 Å². The van der Waals surface area contributed by atoms with E-state index in [2.05, 4.69) is 27.3 Å². The van der Waals surface area contributed by atoms with Crippen LogP contribution in [0.25, 0.3) is 0 Å². The summed E-state index contributed by atoms with van der Waals surface area (Å²) in [5.74, 6) is 0.201. The van der Waals surface area contributed by atoms with E-state index in [4.69, 9.17) is 4.74 Å². The van der Waals surface area contributed by atoms with E-state index >= 15 is 0 Å². The highest BCUT2D eigenvalue weighted by atomic mass is 127. The van der Waals surface area contributed by atoms with E-state index in [0.717, 1.165) is 39.0 Å². The minimum Gasteiger partial charge on any atom is -0.469 e. The van der Waals surface area contributed by atoms with Crippen molar-refractivity contribution in [2.75, 3.05) is 7.11 Å². The van der Waals surface area contributed by atoms with Crippen molar-refractivity contribution in [1.82, 2.24) is 0 Å². The van der Waals surface area contributed by atoms with E-state index in [0.29, 0.717) is 19.3 Å². The fourth-order valence-electron chi connectivity index (χ4n) is 4.77. The van der Waals surface area contributed by atoms with Crippen LogP contribution in [0.4, 0.5) is 13.2 Å². The number of allylic oxidation sites excluding steroid dienone is 1. The normalized spacial score (nSPS) is 30.2. The molecule has 1 saturated heterocycles. The molecule has 0 radical (unpaired) electrons. The lowest BCUT2D eigenvalue weighted by Crippen LogP contribution is -2.44. The zero-order valence-corrected chi connectivity index (χ0v) is 20.8. The Labute approximate surface area is 197 Å². The van der Waals surface area contributed by atoms with Crippen LogP contribution in [0.5, 0.6) is 0 Å². The second kappa shape index (κ2) is 11.7. The van der Waals surface area contributed by atoms with E-state index in [1.165, 1.54) is 13.2 Å². The molecule has 180 valence electrons. The molecule has 1 aliphatic heterocycles. The molecule has 1 N–H and O–H groups in total. The Kier molecular flexibility index (Phi) is 10.1. The molecule has 7 atom stereocenters. The Morgan fingerprint density at radius 3 is 2.65 bits per heavy atom. The lowest BCUT2D eigenvalue weighted by atomic mass is 9.78. The molecule has 1 saturated carbocycles. The predicted molar refractivity (Wildman–Crippen MR) is 122 cm³/mol. The summed E-state index contributed by atoms with van der Waals surface area (Å²) in [6, 6.07) is 0. The highest BCUT2D eigenvalue weighted by Gasteiger charge is 2.54. The number of ether oxygens (including phenoxy) is 2. The van der Waals surface area contributed by atoms with Crippen LogP contribution in [0.1, 0.15) is 71.6 Å². The lowest BCUT2D eigenvalue weighted by molar-refractivity contribution is -0.244. The number of methoxy groups -OCH3 is 1. The summed E-state index contributed by atoms with van der Waals surface area (Å²) in [6.07, 6.45) is 3.05. The smallest absolute Gasteiger partial charge is 0.397 e. The Morgan fingerprint density at radius 2 is 2.03 bits per heavy atom. The Hall–Kier alpha value is -0.350. The van der Waals surface area contributed by atoms with E-state index in [1.807, 2.05) is 6.92 Å². The molecule has 0 aromatic rings. The van der Waals surface area contributed by atoms with Gasteiger partial charge in [0.1, 0.15) is 0 Å². The topological polar surface area (TPSA) is 55.8 Å². The number of fused-ring (bicyclic) bond motifs is 1. The van der Waals surface area contributed by atoms with Gasteiger partial charge in [0.2, 0.25) is 0 Å². The van der Waals surface area contributed by atoms with Gasteiger partial charge in [0.05, 0.1) is 30.8 Å². The minimum atomic E-state index is -4.45. The number of aliphatic hydroxyl groups excluding tert-OH is 1. The molecule has 0 aromatic carbocycles. The molecule has 4 nitrogen and oxygen atoms in total. The molecule has 0 unspecified atom stereocenters. The third kappa shape index (κ3) is 6.82. The van der Waals surface area contributed by atoms with Crippen LogP contribution >= 0.6 is 22.6 Å². The van der Waals surface area contributed by atoms with Crippen molar-refractivity contribution in [1.29, 1.82) is 0 Å². The molecule has 1 heterocycles. The van der Waals surface area contributed by atoms with Gasteiger partial charge in [-0.3, -0.25) is 4.79 Å². The van der Waals surface area contributed by atoms with Crippen molar-refractivity contribution >= 4 is 28.6 Å². The highest BCUT2D eigenvalue weighted by Crippen LogP contribution is 2.48. The quantitative estimate of drug-likeness (QED) is 0.146. The van der Waals surface area contributed by atoms with E-state index < -0.39 is 17.7 Å². The first-order chi connectivity index (χ1) is 14.5. The second-order valence-corrected chi connectivity index (χ2v) is 10.8. The van der Waals surface area contributed by atoms with Crippen LogP contribution in [0.3, 0.4) is 0 Å². The van der Waals surface area contributed by atoms with Gasteiger partial charge in [0.15, 0.2) is 0 Å². The maximum atomic E-state index is 13.7. The molecular weight excluding hydrogens is 524 g/mol. The van der Waals surface area contributed by atoms with Crippen molar-refractivity contribution in [2.24, 2.45) is 17.3 Å². The number of carbonyl (C=O) groups is 1. The van der Waals surface area contributed by atoms with Crippen LogP contribution in [-0.4, -0.2) is 46.6 Å². The molecule has 1 aliphatic carbocycles. The Balaban J connectivity index is 1.93. The first kappa shape index (κ1) is 26.9. The number of hydrogen-bond donors (Lipinski definition) is 1. The fraction of sp³-hybridized carbons (Fsp3) is 0.870. The van der Waals surface area contributed by atoms with E-state index in [-0.39, 0.29) is 40.4 Å². The van der Waals surface area contributed by atoms with Crippen molar-refractivity contribution in [2.45, 2.75) is 100 Å². The highest BCUT2D eigenvalue weighted by molar-refractivity contribution is 14.1.